The highest BCUT2D eigenvalue weighted by Gasteiger charge is 2.06. The summed E-state index contributed by atoms with van der Waals surface area (Å²) in [6.07, 6.45) is 2.67. The van der Waals surface area contributed by atoms with Crippen LogP contribution in [0.15, 0.2) is 53.7 Å². The SMILES string of the molecule is CCNC(=O)c1ccc(CN=C(NCC)NCCc2c[nH]c3ccc(F)cc23)cc1. The molecule has 2 aromatic carbocycles. The van der Waals surface area contributed by atoms with Gasteiger partial charge in [0.2, 0.25) is 0 Å². The maximum absolute atomic E-state index is 13.5. The summed E-state index contributed by atoms with van der Waals surface area (Å²) in [6.45, 7) is 6.44. The lowest BCUT2D eigenvalue weighted by Crippen LogP contribution is -2.38. The lowest BCUT2D eigenvalue weighted by atomic mass is 10.1. The van der Waals surface area contributed by atoms with Crippen molar-refractivity contribution in [3.8, 4) is 0 Å². The number of carbonyl (C=O) groups is 1. The number of fused-ring (bicyclic) bond motifs is 1. The maximum atomic E-state index is 13.5. The Balaban J connectivity index is 1.57. The van der Waals surface area contributed by atoms with Crippen molar-refractivity contribution in [1.82, 2.24) is 20.9 Å². The summed E-state index contributed by atoms with van der Waals surface area (Å²) in [7, 11) is 0. The Labute approximate surface area is 176 Å². The third-order valence-electron chi connectivity index (χ3n) is 4.73. The van der Waals surface area contributed by atoms with Gasteiger partial charge in [-0.15, -0.1) is 0 Å². The molecule has 3 aromatic rings. The van der Waals surface area contributed by atoms with Crippen molar-refractivity contribution >= 4 is 22.8 Å². The number of H-pyrrole nitrogens is 1. The van der Waals surface area contributed by atoms with Gasteiger partial charge in [-0.3, -0.25) is 4.79 Å². The third kappa shape index (κ3) is 5.59. The van der Waals surface area contributed by atoms with Crippen molar-refractivity contribution in [1.29, 1.82) is 0 Å². The molecule has 30 heavy (non-hydrogen) atoms. The lowest BCUT2D eigenvalue weighted by molar-refractivity contribution is 0.0956. The van der Waals surface area contributed by atoms with E-state index in [1.165, 1.54) is 6.07 Å². The molecule has 1 aromatic heterocycles. The number of guanidine groups is 1. The van der Waals surface area contributed by atoms with Crippen molar-refractivity contribution in [2.24, 2.45) is 4.99 Å². The van der Waals surface area contributed by atoms with Crippen LogP contribution < -0.4 is 16.0 Å². The Morgan fingerprint density at radius 1 is 1.03 bits per heavy atom. The average molecular weight is 410 g/mol. The van der Waals surface area contributed by atoms with Crippen LogP contribution in [0.1, 0.15) is 35.3 Å². The molecule has 0 aliphatic heterocycles. The molecule has 1 heterocycles. The highest BCUT2D eigenvalue weighted by molar-refractivity contribution is 5.94. The molecule has 1 amide bonds. The molecule has 0 aliphatic carbocycles. The largest absolute Gasteiger partial charge is 0.361 e. The van der Waals surface area contributed by atoms with Crippen molar-refractivity contribution in [2.75, 3.05) is 19.6 Å². The Bertz CT molecular complexity index is 1010. The molecular formula is C23H28FN5O. The predicted molar refractivity (Wildman–Crippen MR) is 119 cm³/mol. The van der Waals surface area contributed by atoms with Crippen molar-refractivity contribution in [2.45, 2.75) is 26.8 Å². The number of rotatable bonds is 8. The molecule has 0 aliphatic rings. The summed E-state index contributed by atoms with van der Waals surface area (Å²) in [5, 5.41) is 10.3. The smallest absolute Gasteiger partial charge is 0.251 e. The van der Waals surface area contributed by atoms with Crippen LogP contribution in [-0.4, -0.2) is 36.5 Å². The Kier molecular flexibility index (Phi) is 7.43. The van der Waals surface area contributed by atoms with E-state index in [1.54, 1.807) is 12.1 Å². The Hall–Kier alpha value is -3.35. The van der Waals surface area contributed by atoms with Crippen molar-refractivity contribution in [3.63, 3.8) is 0 Å². The fraction of sp³-hybridized carbons (Fsp3) is 0.304. The number of hydrogen-bond donors (Lipinski definition) is 4. The van der Waals surface area contributed by atoms with Gasteiger partial charge in [0.25, 0.3) is 5.91 Å². The molecule has 0 bridgehead atoms. The van der Waals surface area contributed by atoms with Crippen molar-refractivity contribution < 1.29 is 9.18 Å². The van der Waals surface area contributed by atoms with Crippen molar-refractivity contribution in [3.05, 3.63) is 71.2 Å². The summed E-state index contributed by atoms with van der Waals surface area (Å²) in [4.78, 5) is 19.6. The fourth-order valence-corrected chi connectivity index (χ4v) is 3.21. The van der Waals surface area contributed by atoms with Gasteiger partial charge in [0.05, 0.1) is 6.54 Å². The standard InChI is InChI=1S/C23H28FN5O/c1-3-25-22(30)17-7-5-16(6-8-17)14-29-23(26-4-2)27-12-11-18-15-28-21-10-9-19(24)13-20(18)21/h5-10,13,15,28H,3-4,11-12,14H2,1-2H3,(H,25,30)(H2,26,27,29). The summed E-state index contributed by atoms with van der Waals surface area (Å²) in [6, 6.07) is 12.2. The fourth-order valence-electron chi connectivity index (χ4n) is 3.21. The van der Waals surface area contributed by atoms with Gasteiger partial charge in [0.15, 0.2) is 5.96 Å². The molecule has 0 radical (unpaired) electrons. The first kappa shape index (κ1) is 21.4. The molecule has 0 unspecified atom stereocenters. The number of nitrogens with one attached hydrogen (secondary N) is 4. The monoisotopic (exact) mass is 409 g/mol. The highest BCUT2D eigenvalue weighted by Crippen LogP contribution is 2.19. The first-order valence-electron chi connectivity index (χ1n) is 10.3. The number of halogens is 1. The van der Waals surface area contributed by atoms with E-state index in [4.69, 9.17) is 0 Å². The van der Waals surface area contributed by atoms with Gasteiger partial charge in [0.1, 0.15) is 5.82 Å². The summed E-state index contributed by atoms with van der Waals surface area (Å²) in [5.41, 5.74) is 3.66. The van der Waals surface area contributed by atoms with Gasteiger partial charge in [-0.2, -0.15) is 0 Å². The van der Waals surface area contributed by atoms with Crippen LogP contribution in [0.25, 0.3) is 10.9 Å². The van der Waals surface area contributed by atoms with Gasteiger partial charge in [-0.05, 0) is 61.7 Å². The second kappa shape index (κ2) is 10.4. The van der Waals surface area contributed by atoms with E-state index in [-0.39, 0.29) is 11.7 Å². The van der Waals surface area contributed by atoms with Gasteiger partial charge >= 0.3 is 0 Å². The minimum Gasteiger partial charge on any atom is -0.361 e. The van der Waals surface area contributed by atoms with Crippen LogP contribution in [0, 0.1) is 5.82 Å². The molecule has 6 nitrogen and oxygen atoms in total. The van der Waals surface area contributed by atoms with Crippen LogP contribution in [0.4, 0.5) is 4.39 Å². The van der Waals surface area contributed by atoms with Gasteiger partial charge in [-0.1, -0.05) is 12.1 Å². The molecule has 7 heteroatoms. The predicted octanol–water partition coefficient (Wildman–Crippen LogP) is 3.35. The topological polar surface area (TPSA) is 81.3 Å². The van der Waals surface area contributed by atoms with Crippen LogP contribution >= 0.6 is 0 Å². The van der Waals surface area contributed by atoms with Crippen LogP contribution in [0.3, 0.4) is 0 Å². The lowest BCUT2D eigenvalue weighted by Gasteiger charge is -2.11. The molecular weight excluding hydrogens is 381 g/mol. The first-order chi connectivity index (χ1) is 14.6. The number of aromatic nitrogens is 1. The van der Waals surface area contributed by atoms with Gasteiger partial charge in [0, 0.05) is 42.3 Å². The van der Waals surface area contributed by atoms with E-state index in [0.717, 1.165) is 41.0 Å². The van der Waals surface area contributed by atoms with Gasteiger partial charge < -0.3 is 20.9 Å². The number of carbonyl (C=O) groups excluding carboxylic acids is 1. The van der Waals surface area contributed by atoms with E-state index >= 15 is 0 Å². The number of aromatic amines is 1. The molecule has 0 saturated heterocycles. The summed E-state index contributed by atoms with van der Waals surface area (Å²) in [5.74, 6) is 0.417. The number of hydrogen-bond acceptors (Lipinski definition) is 2. The normalized spacial score (nSPS) is 11.5. The molecule has 0 atom stereocenters. The number of aliphatic imine (C=N–C) groups is 1. The zero-order valence-corrected chi connectivity index (χ0v) is 17.4. The van der Waals surface area contributed by atoms with Crippen LogP contribution in [-0.2, 0) is 13.0 Å². The molecule has 158 valence electrons. The first-order valence-corrected chi connectivity index (χ1v) is 10.3. The summed E-state index contributed by atoms with van der Waals surface area (Å²) < 4.78 is 13.5. The second-order valence-corrected chi connectivity index (χ2v) is 6.93. The van der Waals surface area contributed by atoms with E-state index < -0.39 is 0 Å². The van der Waals surface area contributed by atoms with Crippen LogP contribution in [0.5, 0.6) is 0 Å². The average Bonchev–Trinajstić information content (AvgIpc) is 3.14. The minimum atomic E-state index is -0.232. The molecule has 0 fully saturated rings. The van der Waals surface area contributed by atoms with E-state index in [1.807, 2.05) is 44.3 Å². The molecule has 3 rings (SSSR count). The third-order valence-corrected chi connectivity index (χ3v) is 4.73. The molecule has 0 saturated carbocycles. The zero-order chi connectivity index (χ0) is 21.3. The molecule has 4 N–H and O–H groups in total. The molecule has 0 spiro atoms. The number of amides is 1. The van der Waals surface area contributed by atoms with E-state index in [9.17, 15) is 9.18 Å². The second-order valence-electron chi connectivity index (χ2n) is 6.93. The maximum Gasteiger partial charge on any atom is 0.251 e. The zero-order valence-electron chi connectivity index (χ0n) is 17.4. The van der Waals surface area contributed by atoms with Crippen LogP contribution in [0.2, 0.25) is 0 Å². The highest BCUT2D eigenvalue weighted by atomic mass is 19.1. The minimum absolute atomic E-state index is 0.0697. The number of benzene rings is 2. The van der Waals surface area contributed by atoms with Gasteiger partial charge in [-0.25, -0.2) is 9.38 Å². The quantitative estimate of drug-likeness (QED) is 0.340. The van der Waals surface area contributed by atoms with E-state index in [2.05, 4.69) is 25.9 Å². The summed E-state index contributed by atoms with van der Waals surface area (Å²) >= 11 is 0. The Morgan fingerprint density at radius 3 is 2.53 bits per heavy atom. The Morgan fingerprint density at radius 2 is 1.80 bits per heavy atom. The van der Waals surface area contributed by atoms with E-state index in [0.29, 0.717) is 25.2 Å². The number of nitrogens with zero attached hydrogens (tertiary/aromatic N) is 1.